The molecule has 3 amide bonds. The smallest absolute Gasteiger partial charge is 0.243 e. The second-order valence-corrected chi connectivity index (χ2v) is 10.9. The van der Waals surface area contributed by atoms with Gasteiger partial charge in [-0.3, -0.25) is 19.3 Å². The summed E-state index contributed by atoms with van der Waals surface area (Å²) in [6, 6.07) is 6.16. The van der Waals surface area contributed by atoms with Crippen LogP contribution in [0.4, 0.5) is 5.69 Å². The lowest BCUT2D eigenvalue weighted by atomic mass is 9.81. The fourth-order valence-corrected chi connectivity index (χ4v) is 6.55. The molecule has 32 heavy (non-hydrogen) atoms. The molecule has 1 N–H and O–H groups in total. The monoisotopic (exact) mass is 461 g/mol. The number of fused-ring (bicyclic) bond motifs is 1. The van der Waals surface area contributed by atoms with Crippen molar-refractivity contribution in [2.75, 3.05) is 25.0 Å². The van der Waals surface area contributed by atoms with Crippen molar-refractivity contribution in [3.05, 3.63) is 24.3 Å². The Kier molecular flexibility index (Phi) is 6.95. The summed E-state index contributed by atoms with van der Waals surface area (Å²) in [4.78, 5) is 38.9. The zero-order chi connectivity index (χ0) is 22.7. The Morgan fingerprint density at radius 3 is 2.00 bits per heavy atom. The van der Waals surface area contributed by atoms with Crippen LogP contribution >= 0.6 is 0 Å². The van der Waals surface area contributed by atoms with E-state index in [4.69, 9.17) is 0 Å². The van der Waals surface area contributed by atoms with Gasteiger partial charge in [0.05, 0.1) is 16.7 Å². The van der Waals surface area contributed by atoms with Crippen LogP contribution < -0.4 is 5.32 Å². The van der Waals surface area contributed by atoms with Crippen LogP contribution in [0.3, 0.4) is 0 Å². The van der Waals surface area contributed by atoms with Gasteiger partial charge in [-0.15, -0.1) is 0 Å². The molecule has 1 saturated carbocycles. The highest BCUT2D eigenvalue weighted by molar-refractivity contribution is 7.89. The summed E-state index contributed by atoms with van der Waals surface area (Å²) < 4.78 is 27.3. The van der Waals surface area contributed by atoms with Crippen LogP contribution in [0.25, 0.3) is 0 Å². The van der Waals surface area contributed by atoms with Gasteiger partial charge in [-0.2, -0.15) is 4.31 Å². The lowest BCUT2D eigenvalue weighted by Gasteiger charge is -2.20. The van der Waals surface area contributed by atoms with Crippen LogP contribution in [-0.4, -0.2) is 55.0 Å². The van der Waals surface area contributed by atoms with Crippen LogP contribution in [0.1, 0.15) is 57.8 Å². The highest BCUT2D eigenvalue weighted by Gasteiger charge is 2.47. The third kappa shape index (κ3) is 4.73. The van der Waals surface area contributed by atoms with Gasteiger partial charge in [0.1, 0.15) is 0 Å². The molecular formula is C23H31N3O5S. The Hall–Kier alpha value is -2.26. The zero-order valence-electron chi connectivity index (χ0n) is 18.3. The first kappa shape index (κ1) is 22.9. The number of anilines is 1. The molecular weight excluding hydrogens is 430 g/mol. The Labute approximate surface area is 189 Å². The third-order valence-corrected chi connectivity index (χ3v) is 8.75. The molecule has 1 aliphatic carbocycles. The molecule has 2 saturated heterocycles. The lowest BCUT2D eigenvalue weighted by Crippen LogP contribution is -2.34. The maximum absolute atomic E-state index is 12.9. The molecule has 0 aromatic heterocycles. The number of hydrogen-bond donors (Lipinski definition) is 1. The van der Waals surface area contributed by atoms with E-state index in [-0.39, 0.29) is 47.4 Å². The molecule has 2 aliphatic heterocycles. The van der Waals surface area contributed by atoms with E-state index in [9.17, 15) is 22.8 Å². The van der Waals surface area contributed by atoms with Crippen molar-refractivity contribution in [1.82, 2.24) is 9.21 Å². The van der Waals surface area contributed by atoms with Gasteiger partial charge in [0.15, 0.2) is 0 Å². The Morgan fingerprint density at radius 1 is 0.875 bits per heavy atom. The highest BCUT2D eigenvalue weighted by atomic mass is 32.2. The summed E-state index contributed by atoms with van der Waals surface area (Å²) in [5, 5.41) is 2.73. The van der Waals surface area contributed by atoms with Gasteiger partial charge < -0.3 is 5.32 Å². The van der Waals surface area contributed by atoms with E-state index < -0.39 is 10.0 Å². The number of amides is 3. The minimum atomic E-state index is -3.54. The molecule has 4 rings (SSSR count). The number of carbonyl (C=O) groups is 3. The standard InChI is InChI=1S/C23H31N3O5S/c27-21(13-16-26-22(28)19-7-3-4-8-20(19)23(26)29)24-17-9-11-18(12-10-17)32(30,31)25-14-5-1-2-6-15-25/h9-12,19-20H,1-8,13-16H2,(H,24,27)/t19-,20+. The number of rotatable bonds is 6. The molecule has 0 spiro atoms. The van der Waals surface area contributed by atoms with E-state index in [1.807, 2.05) is 0 Å². The molecule has 9 heteroatoms. The van der Waals surface area contributed by atoms with E-state index in [1.165, 1.54) is 21.3 Å². The molecule has 1 aromatic rings. The van der Waals surface area contributed by atoms with Crippen molar-refractivity contribution in [3.8, 4) is 0 Å². The number of imide groups is 1. The SMILES string of the molecule is O=C(CCN1C(=O)[C@H]2CCCC[C@H]2C1=O)Nc1ccc(S(=O)(=O)N2CCCCCC2)cc1. The van der Waals surface area contributed by atoms with Gasteiger partial charge in [0.2, 0.25) is 27.7 Å². The summed E-state index contributed by atoms with van der Waals surface area (Å²) in [5.74, 6) is -1.02. The summed E-state index contributed by atoms with van der Waals surface area (Å²) >= 11 is 0. The second-order valence-electron chi connectivity index (χ2n) is 8.97. The number of benzene rings is 1. The molecule has 2 atom stereocenters. The van der Waals surface area contributed by atoms with Crippen LogP contribution in [0.15, 0.2) is 29.2 Å². The topological polar surface area (TPSA) is 104 Å². The Balaban J connectivity index is 1.32. The van der Waals surface area contributed by atoms with Gasteiger partial charge in [-0.1, -0.05) is 25.7 Å². The number of sulfonamides is 1. The van der Waals surface area contributed by atoms with Gasteiger partial charge in [0.25, 0.3) is 0 Å². The summed E-state index contributed by atoms with van der Waals surface area (Å²) in [5.41, 5.74) is 0.484. The van der Waals surface area contributed by atoms with Crippen LogP contribution in [-0.2, 0) is 24.4 Å². The van der Waals surface area contributed by atoms with E-state index >= 15 is 0 Å². The maximum atomic E-state index is 12.9. The number of hydrogen-bond acceptors (Lipinski definition) is 5. The fraction of sp³-hybridized carbons (Fsp3) is 0.609. The van der Waals surface area contributed by atoms with E-state index in [1.54, 1.807) is 12.1 Å². The number of nitrogens with zero attached hydrogens (tertiary/aromatic N) is 2. The van der Waals surface area contributed by atoms with Crippen molar-refractivity contribution in [2.24, 2.45) is 11.8 Å². The average molecular weight is 462 g/mol. The van der Waals surface area contributed by atoms with Crippen molar-refractivity contribution in [3.63, 3.8) is 0 Å². The van der Waals surface area contributed by atoms with Crippen LogP contribution in [0.2, 0.25) is 0 Å². The number of nitrogens with one attached hydrogen (secondary N) is 1. The largest absolute Gasteiger partial charge is 0.326 e. The minimum absolute atomic E-state index is 0.0186. The van der Waals surface area contributed by atoms with Gasteiger partial charge >= 0.3 is 0 Å². The predicted octanol–water partition coefficient (Wildman–Crippen LogP) is 2.76. The quantitative estimate of drug-likeness (QED) is 0.656. The van der Waals surface area contributed by atoms with Gasteiger partial charge in [-0.05, 0) is 49.9 Å². The number of carbonyl (C=O) groups excluding carboxylic acids is 3. The molecule has 3 aliphatic rings. The molecule has 0 unspecified atom stereocenters. The average Bonchev–Trinajstić information content (AvgIpc) is 2.98. The zero-order valence-corrected chi connectivity index (χ0v) is 19.1. The van der Waals surface area contributed by atoms with Crippen LogP contribution in [0, 0.1) is 11.8 Å². The fourth-order valence-electron chi connectivity index (χ4n) is 5.03. The Bertz CT molecular complexity index is 944. The lowest BCUT2D eigenvalue weighted by molar-refractivity contribution is -0.140. The first-order valence-electron chi connectivity index (χ1n) is 11.6. The van der Waals surface area contributed by atoms with E-state index in [2.05, 4.69) is 5.32 Å². The maximum Gasteiger partial charge on any atom is 0.243 e. The van der Waals surface area contributed by atoms with Crippen LogP contribution in [0.5, 0.6) is 0 Å². The first-order chi connectivity index (χ1) is 15.4. The van der Waals surface area contributed by atoms with Crippen molar-refractivity contribution >= 4 is 33.4 Å². The normalized spacial score (nSPS) is 24.8. The molecule has 2 heterocycles. The van der Waals surface area contributed by atoms with Crippen molar-refractivity contribution in [2.45, 2.75) is 62.7 Å². The predicted molar refractivity (Wildman–Crippen MR) is 119 cm³/mol. The number of likely N-dealkylation sites (tertiary alicyclic amines) is 1. The van der Waals surface area contributed by atoms with Gasteiger partial charge in [0, 0.05) is 31.7 Å². The molecule has 8 nitrogen and oxygen atoms in total. The molecule has 0 bridgehead atoms. The highest BCUT2D eigenvalue weighted by Crippen LogP contribution is 2.38. The van der Waals surface area contributed by atoms with Gasteiger partial charge in [-0.25, -0.2) is 8.42 Å². The molecule has 3 fully saturated rings. The third-order valence-electron chi connectivity index (χ3n) is 6.84. The second kappa shape index (κ2) is 9.70. The Morgan fingerprint density at radius 2 is 1.44 bits per heavy atom. The molecule has 0 radical (unpaired) electrons. The van der Waals surface area contributed by atoms with Crippen molar-refractivity contribution in [1.29, 1.82) is 0 Å². The summed E-state index contributed by atoms with van der Waals surface area (Å²) in [6.45, 7) is 1.16. The first-order valence-corrected chi connectivity index (χ1v) is 13.1. The summed E-state index contributed by atoms with van der Waals surface area (Å²) in [7, 11) is -3.54. The van der Waals surface area contributed by atoms with Crippen molar-refractivity contribution < 1.29 is 22.8 Å². The van der Waals surface area contributed by atoms with E-state index in [0.717, 1.165) is 51.4 Å². The molecule has 174 valence electrons. The summed E-state index contributed by atoms with van der Waals surface area (Å²) in [6.07, 6.45) is 7.31. The van der Waals surface area contributed by atoms with E-state index in [0.29, 0.717) is 18.8 Å². The minimum Gasteiger partial charge on any atom is -0.326 e. The molecule has 1 aromatic carbocycles.